The lowest BCUT2D eigenvalue weighted by molar-refractivity contribution is -0.143. The van der Waals surface area contributed by atoms with Crippen LogP contribution in [0.2, 0.25) is 0 Å². The van der Waals surface area contributed by atoms with Gasteiger partial charge in [-0.1, -0.05) is 18.2 Å². The van der Waals surface area contributed by atoms with Gasteiger partial charge in [0.25, 0.3) is 0 Å². The van der Waals surface area contributed by atoms with Gasteiger partial charge in [-0.3, -0.25) is 9.79 Å². The molecule has 1 aliphatic carbocycles. The van der Waals surface area contributed by atoms with E-state index in [1.165, 1.54) is 6.07 Å². The second-order valence-electron chi connectivity index (χ2n) is 6.02. The van der Waals surface area contributed by atoms with E-state index < -0.39 is 0 Å². The number of nitrogens with zero attached hydrogens (tertiary/aromatic N) is 1. The van der Waals surface area contributed by atoms with E-state index in [2.05, 4.69) is 15.6 Å². The van der Waals surface area contributed by atoms with Crippen molar-refractivity contribution in [3.63, 3.8) is 0 Å². The van der Waals surface area contributed by atoms with Crippen molar-refractivity contribution in [2.75, 3.05) is 26.7 Å². The van der Waals surface area contributed by atoms with Crippen molar-refractivity contribution in [2.24, 2.45) is 4.99 Å². The molecule has 0 radical (unpaired) electrons. The number of nitrogens with one attached hydrogen (secondary N) is 2. The van der Waals surface area contributed by atoms with Crippen LogP contribution in [0.5, 0.6) is 0 Å². The van der Waals surface area contributed by atoms with Gasteiger partial charge in [0.05, 0.1) is 6.61 Å². The molecule has 1 saturated carbocycles. The third-order valence-electron chi connectivity index (χ3n) is 4.27. The lowest BCUT2D eigenvalue weighted by atomic mass is 9.95. The molecule has 0 saturated heterocycles. The van der Waals surface area contributed by atoms with Gasteiger partial charge in [-0.2, -0.15) is 0 Å². The van der Waals surface area contributed by atoms with E-state index in [4.69, 9.17) is 4.74 Å². The van der Waals surface area contributed by atoms with Gasteiger partial charge in [-0.05, 0) is 37.8 Å². The highest BCUT2D eigenvalue weighted by molar-refractivity contribution is 5.79. The Morgan fingerprint density at radius 1 is 1.33 bits per heavy atom. The summed E-state index contributed by atoms with van der Waals surface area (Å²) in [6.45, 7) is 3.48. The molecular weight excluding hydrogens is 309 g/mol. The van der Waals surface area contributed by atoms with E-state index >= 15 is 0 Å². The summed E-state index contributed by atoms with van der Waals surface area (Å²) in [5.41, 5.74) is 0.642. The molecule has 1 fully saturated rings. The topological polar surface area (TPSA) is 62.7 Å². The molecule has 0 spiro atoms. The number of esters is 1. The Morgan fingerprint density at radius 3 is 2.71 bits per heavy atom. The number of carbonyl (C=O) groups excluding carboxylic acids is 1. The van der Waals surface area contributed by atoms with Gasteiger partial charge in [0, 0.05) is 32.0 Å². The Labute approximate surface area is 142 Å². The smallest absolute Gasteiger partial charge is 0.305 e. The summed E-state index contributed by atoms with van der Waals surface area (Å²) in [4.78, 5) is 15.5. The predicted octanol–water partition coefficient (Wildman–Crippen LogP) is 2.37. The van der Waals surface area contributed by atoms with Crippen LogP contribution in [0.25, 0.3) is 0 Å². The Bertz CT molecular complexity index is 585. The Kier molecular flexibility index (Phi) is 6.58. The molecule has 5 nitrogen and oxygen atoms in total. The predicted molar refractivity (Wildman–Crippen MR) is 92.5 cm³/mol. The first-order valence-electron chi connectivity index (χ1n) is 8.46. The van der Waals surface area contributed by atoms with E-state index in [1.54, 1.807) is 20.0 Å². The second kappa shape index (κ2) is 8.66. The molecule has 2 rings (SSSR count). The molecule has 0 amide bonds. The van der Waals surface area contributed by atoms with E-state index in [0.29, 0.717) is 38.5 Å². The van der Waals surface area contributed by atoms with Crippen molar-refractivity contribution >= 4 is 11.9 Å². The molecule has 0 aliphatic heterocycles. The van der Waals surface area contributed by atoms with E-state index in [9.17, 15) is 9.18 Å². The third kappa shape index (κ3) is 4.94. The number of rotatable bonds is 8. The molecule has 1 aromatic rings. The zero-order valence-corrected chi connectivity index (χ0v) is 14.4. The second-order valence-corrected chi connectivity index (χ2v) is 6.02. The number of benzene rings is 1. The van der Waals surface area contributed by atoms with Crippen LogP contribution in [0.1, 0.15) is 38.2 Å². The highest BCUT2D eigenvalue weighted by Gasteiger charge is 2.45. The Balaban J connectivity index is 1.76. The van der Waals surface area contributed by atoms with E-state index in [0.717, 1.165) is 18.4 Å². The van der Waals surface area contributed by atoms with Gasteiger partial charge in [-0.25, -0.2) is 4.39 Å². The minimum absolute atomic E-state index is 0.131. The fourth-order valence-corrected chi connectivity index (χ4v) is 2.73. The van der Waals surface area contributed by atoms with Gasteiger partial charge in [0.15, 0.2) is 5.96 Å². The quantitative estimate of drug-likeness (QED) is 0.331. The molecular formula is C18H26FN3O2. The lowest BCUT2D eigenvalue weighted by Gasteiger charge is -2.19. The summed E-state index contributed by atoms with van der Waals surface area (Å²) < 4.78 is 18.9. The Morgan fingerprint density at radius 2 is 2.08 bits per heavy atom. The summed E-state index contributed by atoms with van der Waals surface area (Å²) in [7, 11) is 1.70. The normalized spacial score (nSPS) is 15.7. The number of aliphatic imine (C=N–C) groups is 1. The monoisotopic (exact) mass is 335 g/mol. The maximum absolute atomic E-state index is 14.0. The van der Waals surface area contributed by atoms with Gasteiger partial charge in [0.1, 0.15) is 5.82 Å². The molecule has 0 heterocycles. The number of ether oxygens (including phenoxy) is 1. The first kappa shape index (κ1) is 18.2. The maximum atomic E-state index is 14.0. The maximum Gasteiger partial charge on any atom is 0.305 e. The van der Waals surface area contributed by atoms with Crippen molar-refractivity contribution < 1.29 is 13.9 Å². The highest BCUT2D eigenvalue weighted by Crippen LogP contribution is 2.48. The van der Waals surface area contributed by atoms with Crippen LogP contribution in [0.3, 0.4) is 0 Å². The zero-order valence-electron chi connectivity index (χ0n) is 14.4. The highest BCUT2D eigenvalue weighted by atomic mass is 19.1. The minimum Gasteiger partial charge on any atom is -0.466 e. The van der Waals surface area contributed by atoms with Crippen molar-refractivity contribution in [3.8, 4) is 0 Å². The van der Waals surface area contributed by atoms with Crippen LogP contribution in [0, 0.1) is 5.82 Å². The Hall–Kier alpha value is -2.11. The van der Waals surface area contributed by atoms with Crippen LogP contribution in [-0.4, -0.2) is 38.7 Å². The van der Waals surface area contributed by atoms with Crippen molar-refractivity contribution in [1.82, 2.24) is 10.6 Å². The summed E-state index contributed by atoms with van der Waals surface area (Å²) >= 11 is 0. The summed E-state index contributed by atoms with van der Waals surface area (Å²) in [5.74, 6) is 0.342. The molecule has 2 N–H and O–H groups in total. The van der Waals surface area contributed by atoms with Crippen molar-refractivity contribution in [1.29, 1.82) is 0 Å². The van der Waals surface area contributed by atoms with Crippen LogP contribution >= 0.6 is 0 Å². The fraction of sp³-hybridized carbons (Fsp3) is 0.556. The van der Waals surface area contributed by atoms with Crippen molar-refractivity contribution in [2.45, 2.75) is 38.0 Å². The van der Waals surface area contributed by atoms with Crippen LogP contribution in [0.4, 0.5) is 4.39 Å². The molecule has 0 aromatic heterocycles. The summed E-state index contributed by atoms with van der Waals surface area (Å²) in [6.07, 6.45) is 3.01. The minimum atomic E-state index is -0.182. The zero-order chi connectivity index (χ0) is 17.4. The van der Waals surface area contributed by atoms with Crippen molar-refractivity contribution in [3.05, 3.63) is 35.6 Å². The number of halogens is 1. The first-order chi connectivity index (χ1) is 11.6. The molecule has 132 valence electrons. The van der Waals surface area contributed by atoms with Gasteiger partial charge in [0.2, 0.25) is 0 Å². The first-order valence-corrected chi connectivity index (χ1v) is 8.46. The van der Waals surface area contributed by atoms with Crippen LogP contribution in [0.15, 0.2) is 29.3 Å². The average Bonchev–Trinajstić information content (AvgIpc) is 3.36. The number of carbonyl (C=O) groups is 1. The number of hydrogen-bond donors (Lipinski definition) is 2. The third-order valence-corrected chi connectivity index (χ3v) is 4.27. The number of hydrogen-bond acceptors (Lipinski definition) is 3. The molecule has 0 bridgehead atoms. The summed E-state index contributed by atoms with van der Waals surface area (Å²) in [6, 6.07) is 6.96. The molecule has 1 aromatic carbocycles. The SMILES string of the molecule is CCOC(=O)CCCNC(=NC)NCC1(c2ccccc2F)CC1. The van der Waals surface area contributed by atoms with E-state index in [1.807, 2.05) is 12.1 Å². The lowest BCUT2D eigenvalue weighted by Crippen LogP contribution is -2.41. The molecule has 0 unspecified atom stereocenters. The van der Waals surface area contributed by atoms with Crippen LogP contribution < -0.4 is 10.6 Å². The van der Waals surface area contributed by atoms with Crippen LogP contribution in [-0.2, 0) is 14.9 Å². The van der Waals surface area contributed by atoms with E-state index in [-0.39, 0.29) is 17.2 Å². The number of guanidine groups is 1. The van der Waals surface area contributed by atoms with Gasteiger partial charge < -0.3 is 15.4 Å². The van der Waals surface area contributed by atoms with Gasteiger partial charge in [-0.15, -0.1) is 0 Å². The fourth-order valence-electron chi connectivity index (χ4n) is 2.73. The molecule has 1 aliphatic rings. The average molecular weight is 335 g/mol. The standard InChI is InChI=1S/C18H26FN3O2/c1-3-24-16(23)9-6-12-21-17(20-2)22-13-18(10-11-18)14-7-4-5-8-15(14)19/h4-5,7-8H,3,6,9-13H2,1-2H3,(H2,20,21,22). The molecule has 0 atom stereocenters. The molecule has 24 heavy (non-hydrogen) atoms. The molecule has 6 heteroatoms. The summed E-state index contributed by atoms with van der Waals surface area (Å²) in [5, 5.41) is 6.44. The van der Waals surface area contributed by atoms with Gasteiger partial charge >= 0.3 is 5.97 Å². The largest absolute Gasteiger partial charge is 0.466 e.